The molecular weight excluding hydrogens is 344 g/mol. The molecule has 27 heavy (non-hydrogen) atoms. The van der Waals surface area contributed by atoms with Gasteiger partial charge in [0.05, 0.1) is 12.6 Å². The van der Waals surface area contributed by atoms with Gasteiger partial charge in [0.1, 0.15) is 0 Å². The lowest BCUT2D eigenvalue weighted by Gasteiger charge is -2.26. The maximum atomic E-state index is 12.6. The number of hydrogen-bond donors (Lipinski definition) is 2. The van der Waals surface area contributed by atoms with E-state index in [1.807, 2.05) is 54.8 Å². The first-order valence-electron chi connectivity index (χ1n) is 9.63. The Hall–Kier alpha value is -2.12. The molecule has 2 rings (SSSR count). The fourth-order valence-electron chi connectivity index (χ4n) is 3.55. The number of carbonyl (C=O) groups excluding carboxylic acids is 2. The number of aliphatic hydroxyl groups is 1. The monoisotopic (exact) mass is 376 g/mol. The van der Waals surface area contributed by atoms with Gasteiger partial charge in [-0.05, 0) is 51.6 Å². The molecule has 0 saturated carbocycles. The van der Waals surface area contributed by atoms with E-state index in [4.69, 9.17) is 5.11 Å². The first-order valence-corrected chi connectivity index (χ1v) is 9.63. The molecule has 1 heterocycles. The minimum absolute atomic E-state index is 0.0382. The molecule has 7 nitrogen and oxygen atoms in total. The molecule has 0 spiro atoms. The first-order chi connectivity index (χ1) is 12.9. The summed E-state index contributed by atoms with van der Waals surface area (Å²) in [6.45, 7) is 6.67. The van der Waals surface area contributed by atoms with Crippen molar-refractivity contribution in [3.63, 3.8) is 0 Å². The van der Waals surface area contributed by atoms with E-state index < -0.39 is 0 Å². The van der Waals surface area contributed by atoms with Gasteiger partial charge < -0.3 is 20.2 Å². The molecule has 2 atom stereocenters. The number of likely N-dealkylation sites (N-methyl/N-ethyl adjacent to an activating group) is 3. The van der Waals surface area contributed by atoms with Gasteiger partial charge >= 0.3 is 0 Å². The molecule has 1 saturated heterocycles. The first kappa shape index (κ1) is 21.2. The molecule has 0 aliphatic carbocycles. The quantitative estimate of drug-likeness (QED) is 0.701. The smallest absolute Gasteiger partial charge is 0.251 e. The number of nitrogens with one attached hydrogen (secondary N) is 1. The Bertz CT molecular complexity index is 631. The van der Waals surface area contributed by atoms with E-state index in [2.05, 4.69) is 5.32 Å². The number of likely N-dealkylation sites (tertiary alicyclic amines) is 1. The Morgan fingerprint density at radius 3 is 2.41 bits per heavy atom. The second-order valence-electron chi connectivity index (χ2n) is 7.06. The van der Waals surface area contributed by atoms with Crippen molar-refractivity contribution in [3.05, 3.63) is 29.8 Å². The Labute approximate surface area is 161 Å². The van der Waals surface area contributed by atoms with Crippen LogP contribution in [0.5, 0.6) is 0 Å². The SMILES string of the molecule is CCN(CC)C(=O)[C@@H]1C[C@@H](NC(=O)c2ccc(N(C)CCO)cc2)CN1C. The second-order valence-corrected chi connectivity index (χ2v) is 7.06. The summed E-state index contributed by atoms with van der Waals surface area (Å²) in [6, 6.07) is 7.11. The van der Waals surface area contributed by atoms with E-state index in [9.17, 15) is 9.59 Å². The molecule has 1 aromatic carbocycles. The van der Waals surface area contributed by atoms with Crippen LogP contribution in [-0.2, 0) is 4.79 Å². The van der Waals surface area contributed by atoms with Crippen LogP contribution in [0, 0.1) is 0 Å². The fourth-order valence-corrected chi connectivity index (χ4v) is 3.55. The summed E-state index contributed by atoms with van der Waals surface area (Å²) in [5.41, 5.74) is 1.54. The van der Waals surface area contributed by atoms with Gasteiger partial charge in [0, 0.05) is 50.5 Å². The predicted octanol–water partition coefficient (Wildman–Crippen LogP) is 0.786. The van der Waals surface area contributed by atoms with Gasteiger partial charge in [-0.25, -0.2) is 0 Å². The van der Waals surface area contributed by atoms with Gasteiger partial charge in [-0.2, -0.15) is 0 Å². The zero-order valence-corrected chi connectivity index (χ0v) is 16.8. The van der Waals surface area contributed by atoms with Crippen molar-refractivity contribution in [2.75, 3.05) is 51.8 Å². The van der Waals surface area contributed by atoms with Crippen LogP contribution in [-0.4, -0.2) is 85.7 Å². The van der Waals surface area contributed by atoms with Crippen molar-refractivity contribution in [3.8, 4) is 0 Å². The number of anilines is 1. The summed E-state index contributed by atoms with van der Waals surface area (Å²) < 4.78 is 0. The van der Waals surface area contributed by atoms with Crippen molar-refractivity contribution in [1.29, 1.82) is 0 Å². The van der Waals surface area contributed by atoms with E-state index in [0.717, 1.165) is 5.69 Å². The van der Waals surface area contributed by atoms with Gasteiger partial charge in [0.2, 0.25) is 5.91 Å². The van der Waals surface area contributed by atoms with Crippen LogP contribution >= 0.6 is 0 Å². The van der Waals surface area contributed by atoms with E-state index in [1.54, 1.807) is 12.1 Å². The Kier molecular flexibility index (Phi) is 7.62. The molecule has 0 aromatic heterocycles. The molecular formula is C20H32N4O3. The normalized spacial score (nSPS) is 19.7. The summed E-state index contributed by atoms with van der Waals surface area (Å²) >= 11 is 0. The number of rotatable bonds is 8. The minimum atomic E-state index is -0.176. The highest BCUT2D eigenvalue weighted by molar-refractivity contribution is 5.95. The molecule has 150 valence electrons. The lowest BCUT2D eigenvalue weighted by atomic mass is 10.1. The lowest BCUT2D eigenvalue weighted by molar-refractivity contribution is -0.135. The molecule has 0 bridgehead atoms. The summed E-state index contributed by atoms with van der Waals surface area (Å²) in [4.78, 5) is 31.0. The highest BCUT2D eigenvalue weighted by Crippen LogP contribution is 2.19. The summed E-state index contributed by atoms with van der Waals surface area (Å²) in [6.07, 6.45) is 0.634. The van der Waals surface area contributed by atoms with E-state index in [0.29, 0.717) is 38.2 Å². The van der Waals surface area contributed by atoms with Crippen molar-refractivity contribution >= 4 is 17.5 Å². The zero-order valence-electron chi connectivity index (χ0n) is 16.8. The maximum Gasteiger partial charge on any atom is 0.251 e. The average Bonchev–Trinajstić information content (AvgIpc) is 3.03. The Balaban J connectivity index is 1.95. The van der Waals surface area contributed by atoms with Gasteiger partial charge in [0.25, 0.3) is 5.91 Å². The van der Waals surface area contributed by atoms with Gasteiger partial charge in [-0.3, -0.25) is 14.5 Å². The molecule has 0 unspecified atom stereocenters. The molecule has 2 N–H and O–H groups in total. The highest BCUT2D eigenvalue weighted by Gasteiger charge is 2.36. The van der Waals surface area contributed by atoms with Crippen LogP contribution in [0.2, 0.25) is 0 Å². The number of aliphatic hydroxyl groups excluding tert-OH is 1. The van der Waals surface area contributed by atoms with E-state index in [1.165, 1.54) is 0 Å². The average molecular weight is 377 g/mol. The second kappa shape index (κ2) is 9.71. The molecule has 2 amide bonds. The zero-order chi connectivity index (χ0) is 20.0. The Morgan fingerprint density at radius 2 is 1.85 bits per heavy atom. The van der Waals surface area contributed by atoms with Crippen molar-refractivity contribution in [2.45, 2.75) is 32.4 Å². The number of carbonyl (C=O) groups is 2. The lowest BCUT2D eigenvalue weighted by Crippen LogP contribution is -2.44. The molecule has 7 heteroatoms. The molecule has 0 radical (unpaired) electrons. The van der Waals surface area contributed by atoms with Gasteiger partial charge in [-0.15, -0.1) is 0 Å². The third kappa shape index (κ3) is 5.20. The third-order valence-electron chi connectivity index (χ3n) is 5.25. The third-order valence-corrected chi connectivity index (χ3v) is 5.25. The Morgan fingerprint density at radius 1 is 1.22 bits per heavy atom. The van der Waals surface area contributed by atoms with Crippen LogP contribution in [0.1, 0.15) is 30.6 Å². The molecule has 1 aliphatic heterocycles. The van der Waals surface area contributed by atoms with Gasteiger partial charge in [-0.1, -0.05) is 0 Å². The summed E-state index contributed by atoms with van der Waals surface area (Å²) in [5.74, 6) is 0.0104. The van der Waals surface area contributed by atoms with Crippen LogP contribution < -0.4 is 10.2 Å². The van der Waals surface area contributed by atoms with Gasteiger partial charge in [0.15, 0.2) is 0 Å². The van der Waals surface area contributed by atoms with Crippen molar-refractivity contribution in [1.82, 2.24) is 15.1 Å². The standard InChI is InChI=1S/C20H32N4O3/c1-5-24(6-2)20(27)18-13-16(14-23(18)4)21-19(26)15-7-9-17(10-8-15)22(3)11-12-25/h7-10,16,18,25H,5-6,11-14H2,1-4H3,(H,21,26)/t16-,18+/m1/s1. The summed E-state index contributed by atoms with van der Waals surface area (Å²) in [5, 5.41) is 12.1. The predicted molar refractivity (Wildman–Crippen MR) is 107 cm³/mol. The molecule has 1 aromatic rings. The minimum Gasteiger partial charge on any atom is -0.395 e. The highest BCUT2D eigenvalue weighted by atomic mass is 16.3. The van der Waals surface area contributed by atoms with Crippen LogP contribution in [0.4, 0.5) is 5.69 Å². The van der Waals surface area contributed by atoms with Crippen LogP contribution in [0.15, 0.2) is 24.3 Å². The van der Waals surface area contributed by atoms with E-state index in [-0.39, 0.29) is 30.5 Å². The largest absolute Gasteiger partial charge is 0.395 e. The number of nitrogens with zero attached hydrogens (tertiary/aromatic N) is 3. The molecule has 1 fully saturated rings. The van der Waals surface area contributed by atoms with E-state index >= 15 is 0 Å². The topological polar surface area (TPSA) is 76.1 Å². The number of benzene rings is 1. The fraction of sp³-hybridized carbons (Fsp3) is 0.600. The van der Waals surface area contributed by atoms with Crippen molar-refractivity contribution < 1.29 is 14.7 Å². The summed E-state index contributed by atoms with van der Waals surface area (Å²) in [7, 11) is 3.83. The number of amides is 2. The van der Waals surface area contributed by atoms with Crippen LogP contribution in [0.25, 0.3) is 0 Å². The molecule has 1 aliphatic rings. The van der Waals surface area contributed by atoms with Crippen molar-refractivity contribution in [2.24, 2.45) is 0 Å². The maximum absolute atomic E-state index is 12.6. The number of hydrogen-bond acceptors (Lipinski definition) is 5. The van der Waals surface area contributed by atoms with Crippen LogP contribution in [0.3, 0.4) is 0 Å².